The number of hydrogen-bond donors (Lipinski definition) is 1. The SMILES string of the molecule is COC(=O)c1ccc(NC(=O)COC(=O)CCCCCN2C(=O)[C@@H]3C4c5ccccc5C(c5ccccc54)[C@@H]3C2=O)cc1. The average molecular weight is 581 g/mol. The summed E-state index contributed by atoms with van der Waals surface area (Å²) in [7, 11) is 1.29. The van der Waals surface area contributed by atoms with Gasteiger partial charge in [0.05, 0.1) is 24.5 Å². The summed E-state index contributed by atoms with van der Waals surface area (Å²) in [6, 6.07) is 22.5. The number of methoxy groups -OCH3 is 1. The van der Waals surface area contributed by atoms with E-state index in [1.54, 1.807) is 12.1 Å². The number of imide groups is 1. The molecule has 43 heavy (non-hydrogen) atoms. The van der Waals surface area contributed by atoms with E-state index in [4.69, 9.17) is 4.74 Å². The number of rotatable bonds is 10. The van der Waals surface area contributed by atoms with Crippen LogP contribution in [0.4, 0.5) is 5.69 Å². The van der Waals surface area contributed by atoms with Gasteiger partial charge in [-0.25, -0.2) is 4.79 Å². The Kier molecular flexibility index (Phi) is 7.80. The lowest BCUT2D eigenvalue weighted by molar-refractivity contribution is -0.147. The molecule has 0 radical (unpaired) electrons. The number of anilines is 1. The minimum Gasteiger partial charge on any atom is -0.465 e. The van der Waals surface area contributed by atoms with Crippen LogP contribution in [0, 0.1) is 11.8 Å². The van der Waals surface area contributed by atoms with E-state index < -0.39 is 24.5 Å². The van der Waals surface area contributed by atoms with Crippen molar-refractivity contribution in [1.29, 1.82) is 0 Å². The highest BCUT2D eigenvalue weighted by molar-refractivity contribution is 6.07. The first-order valence-corrected chi connectivity index (χ1v) is 14.6. The molecule has 9 nitrogen and oxygen atoms in total. The summed E-state index contributed by atoms with van der Waals surface area (Å²) in [6.07, 6.45) is 1.86. The van der Waals surface area contributed by atoms with Crippen LogP contribution in [-0.2, 0) is 28.7 Å². The number of carbonyl (C=O) groups excluding carboxylic acids is 5. The van der Waals surface area contributed by atoms with Crippen LogP contribution in [0.1, 0.15) is 70.1 Å². The minimum absolute atomic E-state index is 0.0978. The zero-order valence-corrected chi connectivity index (χ0v) is 23.8. The van der Waals surface area contributed by atoms with E-state index in [1.807, 2.05) is 24.3 Å². The van der Waals surface area contributed by atoms with Crippen LogP contribution in [0.25, 0.3) is 0 Å². The van der Waals surface area contributed by atoms with Gasteiger partial charge in [0.2, 0.25) is 11.8 Å². The first-order chi connectivity index (χ1) is 20.9. The molecule has 0 unspecified atom stereocenters. The van der Waals surface area contributed by atoms with E-state index in [9.17, 15) is 24.0 Å². The lowest BCUT2D eigenvalue weighted by Crippen LogP contribution is -2.41. The van der Waals surface area contributed by atoms with E-state index in [0.29, 0.717) is 37.1 Å². The Hall–Kier alpha value is -4.79. The minimum atomic E-state index is -0.498. The maximum absolute atomic E-state index is 13.6. The molecular weight excluding hydrogens is 548 g/mol. The first-order valence-electron chi connectivity index (χ1n) is 14.6. The van der Waals surface area contributed by atoms with Crippen molar-refractivity contribution in [2.75, 3.05) is 25.6 Å². The second kappa shape index (κ2) is 11.8. The lowest BCUT2D eigenvalue weighted by Gasteiger charge is -2.45. The van der Waals surface area contributed by atoms with Gasteiger partial charge in [-0.1, -0.05) is 55.0 Å². The van der Waals surface area contributed by atoms with E-state index in [2.05, 4.69) is 34.3 Å². The largest absolute Gasteiger partial charge is 0.465 e. The van der Waals surface area contributed by atoms with Gasteiger partial charge in [0.15, 0.2) is 6.61 Å². The van der Waals surface area contributed by atoms with Crippen molar-refractivity contribution in [3.63, 3.8) is 0 Å². The molecule has 7 rings (SSSR count). The number of hydrogen-bond acceptors (Lipinski definition) is 7. The summed E-state index contributed by atoms with van der Waals surface area (Å²) in [5, 5.41) is 2.60. The lowest BCUT2D eigenvalue weighted by atomic mass is 9.55. The molecule has 1 N–H and O–H groups in total. The molecule has 3 amide bonds. The van der Waals surface area contributed by atoms with Gasteiger partial charge < -0.3 is 14.8 Å². The normalized spacial score (nSPS) is 21.1. The zero-order valence-electron chi connectivity index (χ0n) is 23.8. The van der Waals surface area contributed by atoms with Crippen LogP contribution in [0.3, 0.4) is 0 Å². The molecule has 3 aromatic rings. The molecule has 2 bridgehead atoms. The Morgan fingerprint density at radius 1 is 0.744 bits per heavy atom. The molecule has 3 aromatic carbocycles. The topological polar surface area (TPSA) is 119 Å². The van der Waals surface area contributed by atoms with E-state index in [1.165, 1.54) is 24.1 Å². The second-order valence-corrected chi connectivity index (χ2v) is 11.2. The maximum atomic E-state index is 13.6. The van der Waals surface area contributed by atoms with Gasteiger partial charge in [-0.2, -0.15) is 0 Å². The maximum Gasteiger partial charge on any atom is 0.337 e. The van der Waals surface area contributed by atoms with Crippen LogP contribution in [0.2, 0.25) is 0 Å². The van der Waals surface area contributed by atoms with Gasteiger partial charge in [-0.05, 0) is 59.4 Å². The highest BCUT2D eigenvalue weighted by Crippen LogP contribution is 2.60. The zero-order chi connectivity index (χ0) is 30.1. The number of amides is 3. The molecule has 1 saturated heterocycles. The molecule has 0 aromatic heterocycles. The van der Waals surface area contributed by atoms with E-state index in [0.717, 1.165) is 22.3 Å². The molecular formula is C34H32N2O7. The Balaban J connectivity index is 0.967. The Morgan fingerprint density at radius 3 is 1.79 bits per heavy atom. The van der Waals surface area contributed by atoms with Crippen LogP contribution in [-0.4, -0.2) is 54.8 Å². The third kappa shape index (κ3) is 5.20. The molecule has 9 heteroatoms. The third-order valence-corrected chi connectivity index (χ3v) is 8.76. The summed E-state index contributed by atoms with van der Waals surface area (Å²) in [4.78, 5) is 64.5. The Morgan fingerprint density at radius 2 is 1.28 bits per heavy atom. The van der Waals surface area contributed by atoms with Gasteiger partial charge in [0.25, 0.3) is 5.91 Å². The first kappa shape index (κ1) is 28.3. The van der Waals surface area contributed by atoms with Crippen LogP contribution in [0.15, 0.2) is 72.8 Å². The predicted molar refractivity (Wildman–Crippen MR) is 156 cm³/mol. The average Bonchev–Trinajstić information content (AvgIpc) is 3.29. The van der Waals surface area contributed by atoms with Crippen molar-refractivity contribution in [2.24, 2.45) is 11.8 Å². The van der Waals surface area contributed by atoms with Crippen LogP contribution < -0.4 is 5.32 Å². The van der Waals surface area contributed by atoms with Crippen LogP contribution in [0.5, 0.6) is 0 Å². The van der Waals surface area contributed by atoms with E-state index >= 15 is 0 Å². The number of likely N-dealkylation sites (tertiary alicyclic amines) is 1. The van der Waals surface area contributed by atoms with Gasteiger partial charge in [0, 0.05) is 30.5 Å². The van der Waals surface area contributed by atoms with Gasteiger partial charge in [-0.15, -0.1) is 0 Å². The quantitative estimate of drug-likeness (QED) is 0.214. The van der Waals surface area contributed by atoms with Crippen molar-refractivity contribution in [2.45, 2.75) is 37.5 Å². The van der Waals surface area contributed by atoms with Gasteiger partial charge in [0.1, 0.15) is 0 Å². The molecule has 4 aliphatic rings. The number of nitrogens with one attached hydrogen (secondary N) is 1. The number of carbonyl (C=O) groups is 5. The molecule has 0 saturated carbocycles. The summed E-state index contributed by atoms with van der Waals surface area (Å²) < 4.78 is 9.72. The van der Waals surface area contributed by atoms with Crippen molar-refractivity contribution in [1.82, 2.24) is 4.90 Å². The van der Waals surface area contributed by atoms with Crippen molar-refractivity contribution in [3.8, 4) is 0 Å². The number of nitrogens with zero attached hydrogens (tertiary/aromatic N) is 1. The highest BCUT2D eigenvalue weighted by atomic mass is 16.5. The molecule has 220 valence electrons. The second-order valence-electron chi connectivity index (χ2n) is 11.2. The highest BCUT2D eigenvalue weighted by Gasteiger charge is 2.61. The molecule has 2 atom stereocenters. The van der Waals surface area contributed by atoms with Crippen molar-refractivity contribution in [3.05, 3.63) is 101 Å². The third-order valence-electron chi connectivity index (χ3n) is 8.76. The molecule has 1 fully saturated rings. The number of esters is 2. The standard InChI is InChI=1S/C34H32N2O7/c1-42-34(41)20-14-16-21(17-15-20)35-26(37)19-43-27(38)13-3-2-8-18-36-32(39)30-28-22-9-4-5-10-23(22)29(31(30)33(36)40)25-12-7-6-11-24(25)28/h4-7,9-12,14-17,28-31H,2-3,8,13,18-19H2,1H3,(H,35,37)/t28?,29?,30-,31+. The number of benzene rings is 3. The van der Waals surface area contributed by atoms with Gasteiger partial charge >= 0.3 is 11.9 Å². The predicted octanol–water partition coefficient (Wildman–Crippen LogP) is 4.41. The monoisotopic (exact) mass is 580 g/mol. The fraction of sp³-hybridized carbons (Fsp3) is 0.324. The molecule has 1 heterocycles. The summed E-state index contributed by atoms with van der Waals surface area (Å²) in [5.41, 5.74) is 5.42. The summed E-state index contributed by atoms with van der Waals surface area (Å²) in [5.74, 6) is -2.66. The van der Waals surface area contributed by atoms with E-state index in [-0.39, 0.29) is 41.9 Å². The Bertz CT molecular complexity index is 1480. The smallest absolute Gasteiger partial charge is 0.337 e. The fourth-order valence-electron chi connectivity index (χ4n) is 6.90. The molecule has 3 aliphatic carbocycles. The summed E-state index contributed by atoms with van der Waals surface area (Å²) >= 11 is 0. The van der Waals surface area contributed by atoms with Gasteiger partial charge in [-0.3, -0.25) is 24.1 Å². The summed E-state index contributed by atoms with van der Waals surface area (Å²) in [6.45, 7) is -0.104. The van der Waals surface area contributed by atoms with Crippen LogP contribution >= 0.6 is 0 Å². The van der Waals surface area contributed by atoms with Crippen molar-refractivity contribution < 1.29 is 33.4 Å². The fourth-order valence-corrected chi connectivity index (χ4v) is 6.90. The molecule has 0 spiro atoms. The van der Waals surface area contributed by atoms with Crippen molar-refractivity contribution >= 4 is 35.3 Å². The number of unbranched alkanes of at least 4 members (excludes halogenated alkanes) is 2. The Labute approximate surface area is 249 Å². The number of ether oxygens (including phenoxy) is 2. The molecule has 1 aliphatic heterocycles.